The van der Waals surface area contributed by atoms with Gasteiger partial charge in [0, 0.05) is 24.6 Å². The van der Waals surface area contributed by atoms with Gasteiger partial charge in [-0.1, -0.05) is 31.7 Å². The Morgan fingerprint density at radius 3 is 2.71 bits per heavy atom. The summed E-state index contributed by atoms with van der Waals surface area (Å²) < 4.78 is 0. The predicted octanol–water partition coefficient (Wildman–Crippen LogP) is 5.79. The Kier molecular flexibility index (Phi) is 7.24. The number of aromatic nitrogens is 2. The van der Waals surface area contributed by atoms with Crippen molar-refractivity contribution in [2.45, 2.75) is 52.2 Å². The maximum Gasteiger partial charge on any atom is 0.173 e. The van der Waals surface area contributed by atoms with Crippen molar-refractivity contribution in [2.24, 2.45) is 5.92 Å². The summed E-state index contributed by atoms with van der Waals surface area (Å²) in [4.78, 5) is 17.7. The first-order valence-corrected chi connectivity index (χ1v) is 11.7. The lowest BCUT2D eigenvalue weighted by molar-refractivity contribution is 0.0308. The number of piperidine rings is 1. The second-order valence-electron chi connectivity index (χ2n) is 9.07. The molecular formula is C28H31N5O. The summed E-state index contributed by atoms with van der Waals surface area (Å²) in [5.41, 5.74) is 8.36. The van der Waals surface area contributed by atoms with Gasteiger partial charge < -0.3 is 4.84 Å². The van der Waals surface area contributed by atoms with Crippen molar-refractivity contribution in [1.82, 2.24) is 20.3 Å². The van der Waals surface area contributed by atoms with Crippen LogP contribution in [0.5, 0.6) is 5.75 Å². The molecule has 4 rings (SSSR count). The highest BCUT2D eigenvalue weighted by molar-refractivity contribution is 5.45. The molecule has 3 atom stereocenters. The number of nitriles is 1. The molecule has 1 fully saturated rings. The van der Waals surface area contributed by atoms with Gasteiger partial charge in [0.2, 0.25) is 0 Å². The van der Waals surface area contributed by atoms with Crippen molar-refractivity contribution in [2.75, 3.05) is 0 Å². The molecule has 0 bridgehead atoms. The van der Waals surface area contributed by atoms with E-state index in [1.807, 2.05) is 49.6 Å². The van der Waals surface area contributed by atoms with E-state index in [9.17, 15) is 5.26 Å². The number of hydrogen-bond acceptors (Lipinski definition) is 6. The van der Waals surface area contributed by atoms with Gasteiger partial charge in [0.05, 0.1) is 29.0 Å². The minimum absolute atomic E-state index is 0.149. The molecule has 174 valence electrons. The van der Waals surface area contributed by atoms with Gasteiger partial charge in [-0.2, -0.15) is 5.26 Å². The number of nitrogens with one attached hydrogen (secondary N) is 1. The van der Waals surface area contributed by atoms with Crippen molar-refractivity contribution in [3.8, 4) is 11.8 Å². The van der Waals surface area contributed by atoms with E-state index in [0.717, 1.165) is 29.8 Å². The van der Waals surface area contributed by atoms with E-state index < -0.39 is 0 Å². The lowest BCUT2D eigenvalue weighted by Crippen LogP contribution is -2.41. The van der Waals surface area contributed by atoms with Gasteiger partial charge in [-0.15, -0.1) is 0 Å². The van der Waals surface area contributed by atoms with Crippen molar-refractivity contribution < 1.29 is 4.84 Å². The summed E-state index contributed by atoms with van der Waals surface area (Å²) in [5.74, 6) is 0.931. The molecule has 6 heteroatoms. The molecule has 1 unspecified atom stereocenters. The Morgan fingerprint density at radius 1 is 1.18 bits per heavy atom. The molecule has 0 aliphatic carbocycles. The lowest BCUT2D eigenvalue weighted by Gasteiger charge is -2.45. The van der Waals surface area contributed by atoms with Crippen molar-refractivity contribution in [3.63, 3.8) is 0 Å². The fraction of sp³-hybridized carbons (Fsp3) is 0.321. The second kappa shape index (κ2) is 10.5. The highest BCUT2D eigenvalue weighted by atomic mass is 16.6. The summed E-state index contributed by atoms with van der Waals surface area (Å²) >= 11 is 0. The van der Waals surface area contributed by atoms with Crippen LogP contribution in [0.15, 0.2) is 73.2 Å². The Balaban J connectivity index is 1.75. The third-order valence-electron chi connectivity index (χ3n) is 6.42. The quantitative estimate of drug-likeness (QED) is 0.457. The number of allylic oxidation sites excluding steroid dienone is 1. The van der Waals surface area contributed by atoms with Crippen LogP contribution in [-0.4, -0.2) is 14.9 Å². The lowest BCUT2D eigenvalue weighted by atomic mass is 9.82. The molecule has 0 amide bonds. The van der Waals surface area contributed by atoms with E-state index in [4.69, 9.17) is 14.8 Å². The molecule has 1 aliphatic rings. The maximum atomic E-state index is 9.54. The van der Waals surface area contributed by atoms with Crippen molar-refractivity contribution in [3.05, 3.63) is 101 Å². The number of pyridine rings is 2. The number of likely N-dealkylation sites (tertiary alicyclic amines) is 1. The predicted molar refractivity (Wildman–Crippen MR) is 132 cm³/mol. The zero-order chi connectivity index (χ0) is 24.1. The van der Waals surface area contributed by atoms with E-state index in [1.54, 1.807) is 0 Å². The van der Waals surface area contributed by atoms with Gasteiger partial charge in [0.15, 0.2) is 5.75 Å². The molecule has 3 aromatic rings. The van der Waals surface area contributed by atoms with Crippen LogP contribution >= 0.6 is 0 Å². The smallest absolute Gasteiger partial charge is 0.173 e. The first kappa shape index (κ1) is 23.5. The third kappa shape index (κ3) is 5.11. The SMILES string of the molecule is C=C(C)NOc1cc(CN2[C@H](c3ccccn3)CCC(C)[C@@H]2c2ncccc2C)ccc1C#N. The summed E-state index contributed by atoms with van der Waals surface area (Å²) in [7, 11) is 0. The third-order valence-corrected chi connectivity index (χ3v) is 6.42. The van der Waals surface area contributed by atoms with Crippen LogP contribution in [0.3, 0.4) is 0 Å². The zero-order valence-electron chi connectivity index (χ0n) is 20.0. The first-order valence-electron chi connectivity index (χ1n) is 11.7. The van der Waals surface area contributed by atoms with Crippen molar-refractivity contribution >= 4 is 0 Å². The molecule has 3 heterocycles. The molecule has 2 aromatic heterocycles. The average Bonchev–Trinajstić information content (AvgIpc) is 2.84. The average molecular weight is 454 g/mol. The summed E-state index contributed by atoms with van der Waals surface area (Å²) in [6.45, 7) is 10.7. The van der Waals surface area contributed by atoms with Gasteiger partial charge in [0.25, 0.3) is 0 Å². The standard InChI is InChI=1S/C28H31N5O/c1-19(2)32-34-26-16-22(11-12-23(26)17-29)18-33-25(24-9-5-6-14-30-24)13-10-21(4)28(33)27-20(3)8-7-15-31-27/h5-9,11-12,14-16,21,25,28,32H,1,10,13,18H2,2-4H3/t21?,25-,28+/m0/s1. The van der Waals surface area contributed by atoms with Crippen LogP contribution in [0.2, 0.25) is 0 Å². The molecule has 0 saturated carbocycles. The fourth-order valence-electron chi connectivity index (χ4n) is 4.79. The molecule has 0 spiro atoms. The molecule has 1 saturated heterocycles. The minimum Gasteiger partial charge on any atom is -0.381 e. The van der Waals surface area contributed by atoms with Crippen LogP contribution < -0.4 is 10.3 Å². The largest absolute Gasteiger partial charge is 0.381 e. The van der Waals surface area contributed by atoms with E-state index in [0.29, 0.717) is 29.5 Å². The van der Waals surface area contributed by atoms with E-state index in [-0.39, 0.29) is 12.1 Å². The zero-order valence-corrected chi connectivity index (χ0v) is 20.0. The van der Waals surface area contributed by atoms with E-state index in [1.165, 1.54) is 5.56 Å². The van der Waals surface area contributed by atoms with Gasteiger partial charge in [-0.05, 0) is 74.1 Å². The van der Waals surface area contributed by atoms with E-state index >= 15 is 0 Å². The molecule has 6 nitrogen and oxygen atoms in total. The topological polar surface area (TPSA) is 74.1 Å². The summed E-state index contributed by atoms with van der Waals surface area (Å²) in [5, 5.41) is 9.54. The molecule has 1 N–H and O–H groups in total. The molecule has 1 aromatic carbocycles. The molecular weight excluding hydrogens is 422 g/mol. The summed E-state index contributed by atoms with van der Waals surface area (Å²) in [6.07, 6.45) is 5.87. The van der Waals surface area contributed by atoms with Gasteiger partial charge in [-0.3, -0.25) is 14.9 Å². The molecule has 0 radical (unpaired) electrons. The number of benzene rings is 1. The Hall–Kier alpha value is -3.69. The van der Waals surface area contributed by atoms with Crippen LogP contribution in [0.4, 0.5) is 0 Å². The number of nitrogens with zero attached hydrogens (tertiary/aromatic N) is 4. The van der Waals surface area contributed by atoms with Gasteiger partial charge in [-0.25, -0.2) is 5.48 Å². The van der Waals surface area contributed by atoms with Gasteiger partial charge in [0.1, 0.15) is 6.07 Å². The normalized spacial score (nSPS) is 20.4. The number of aryl methyl sites for hydroxylation is 1. The van der Waals surface area contributed by atoms with Gasteiger partial charge >= 0.3 is 0 Å². The second-order valence-corrected chi connectivity index (χ2v) is 9.07. The fourth-order valence-corrected chi connectivity index (χ4v) is 4.79. The van der Waals surface area contributed by atoms with E-state index in [2.05, 4.69) is 55.1 Å². The number of rotatable bonds is 7. The Bertz CT molecular complexity index is 1190. The van der Waals surface area contributed by atoms with Crippen LogP contribution in [0, 0.1) is 24.2 Å². The monoisotopic (exact) mass is 453 g/mol. The van der Waals surface area contributed by atoms with Crippen LogP contribution in [-0.2, 0) is 6.54 Å². The summed E-state index contributed by atoms with van der Waals surface area (Å²) in [6, 6.07) is 18.5. The maximum absolute atomic E-state index is 9.54. The Labute approximate surface area is 201 Å². The van der Waals surface area contributed by atoms with Crippen molar-refractivity contribution in [1.29, 1.82) is 5.26 Å². The van der Waals surface area contributed by atoms with Crippen LogP contribution in [0.1, 0.15) is 66.9 Å². The molecule has 1 aliphatic heterocycles. The number of hydrogen-bond donors (Lipinski definition) is 1. The first-order chi connectivity index (χ1) is 16.5. The highest BCUT2D eigenvalue weighted by Crippen LogP contribution is 2.45. The molecule has 34 heavy (non-hydrogen) atoms. The van der Waals surface area contributed by atoms with Crippen LogP contribution in [0.25, 0.3) is 0 Å². The number of hydroxylamine groups is 1. The highest BCUT2D eigenvalue weighted by Gasteiger charge is 2.38. The minimum atomic E-state index is 0.149. The Morgan fingerprint density at radius 2 is 2.00 bits per heavy atom.